The van der Waals surface area contributed by atoms with Crippen LogP contribution in [0.1, 0.15) is 16.8 Å². The first-order valence-corrected chi connectivity index (χ1v) is 7.16. The van der Waals surface area contributed by atoms with Crippen LogP contribution in [-0.4, -0.2) is 45.2 Å². The van der Waals surface area contributed by atoms with Crippen LogP contribution in [0, 0.1) is 0 Å². The van der Waals surface area contributed by atoms with Gasteiger partial charge in [-0.15, -0.1) is 6.58 Å². The zero-order chi connectivity index (χ0) is 16.2. The third-order valence-electron chi connectivity index (χ3n) is 2.79. The second kappa shape index (κ2) is 10.5. The van der Waals surface area contributed by atoms with Crippen molar-refractivity contribution in [2.75, 3.05) is 38.7 Å². The Hall–Kier alpha value is -2.18. The van der Waals surface area contributed by atoms with E-state index >= 15 is 0 Å². The van der Waals surface area contributed by atoms with Gasteiger partial charge in [0.05, 0.1) is 6.54 Å². The number of hydrogen-bond donors (Lipinski definition) is 3. The van der Waals surface area contributed by atoms with Gasteiger partial charge >= 0.3 is 0 Å². The van der Waals surface area contributed by atoms with Gasteiger partial charge in [0.25, 0.3) is 5.91 Å². The Balaban J connectivity index is 2.48. The number of carbonyl (C=O) groups excluding carboxylic acids is 2. The Kier molecular flexibility index (Phi) is 8.56. The molecule has 120 valence electrons. The number of methoxy groups -OCH3 is 1. The predicted molar refractivity (Wildman–Crippen MR) is 87.0 cm³/mol. The molecule has 0 aliphatic heterocycles. The first kappa shape index (κ1) is 17.9. The van der Waals surface area contributed by atoms with Gasteiger partial charge in [0, 0.05) is 38.1 Å². The summed E-state index contributed by atoms with van der Waals surface area (Å²) in [5, 5.41) is 8.45. The molecule has 0 saturated carbocycles. The van der Waals surface area contributed by atoms with Gasteiger partial charge in [-0.25, -0.2) is 0 Å². The van der Waals surface area contributed by atoms with Crippen LogP contribution >= 0.6 is 0 Å². The van der Waals surface area contributed by atoms with Gasteiger partial charge in [0.15, 0.2) is 0 Å². The third-order valence-corrected chi connectivity index (χ3v) is 2.79. The first-order chi connectivity index (χ1) is 10.7. The highest BCUT2D eigenvalue weighted by Gasteiger charge is 2.07. The van der Waals surface area contributed by atoms with E-state index in [4.69, 9.17) is 4.74 Å². The van der Waals surface area contributed by atoms with Crippen molar-refractivity contribution in [3.05, 3.63) is 42.5 Å². The number of hydrogen-bond acceptors (Lipinski definition) is 4. The van der Waals surface area contributed by atoms with Crippen molar-refractivity contribution >= 4 is 17.5 Å². The minimum atomic E-state index is -0.169. The molecular weight excluding hydrogens is 282 g/mol. The quantitative estimate of drug-likeness (QED) is 0.448. The summed E-state index contributed by atoms with van der Waals surface area (Å²) in [4.78, 5) is 23.7. The van der Waals surface area contributed by atoms with Crippen LogP contribution in [0.3, 0.4) is 0 Å². The SMILES string of the molecule is C=CCNCC(=O)Nc1cccc(C(=O)NCCCOC)c1. The van der Waals surface area contributed by atoms with E-state index in [1.54, 1.807) is 37.5 Å². The summed E-state index contributed by atoms with van der Waals surface area (Å²) < 4.78 is 4.92. The summed E-state index contributed by atoms with van der Waals surface area (Å²) >= 11 is 0. The van der Waals surface area contributed by atoms with Crippen LogP contribution in [0.4, 0.5) is 5.69 Å². The van der Waals surface area contributed by atoms with Crippen LogP contribution in [0.15, 0.2) is 36.9 Å². The maximum Gasteiger partial charge on any atom is 0.251 e. The van der Waals surface area contributed by atoms with E-state index in [2.05, 4.69) is 22.5 Å². The molecule has 0 aliphatic rings. The fraction of sp³-hybridized carbons (Fsp3) is 0.375. The Morgan fingerprint density at radius 2 is 2.18 bits per heavy atom. The van der Waals surface area contributed by atoms with Crippen molar-refractivity contribution in [3.63, 3.8) is 0 Å². The van der Waals surface area contributed by atoms with E-state index < -0.39 is 0 Å². The monoisotopic (exact) mass is 305 g/mol. The molecule has 0 unspecified atom stereocenters. The van der Waals surface area contributed by atoms with Gasteiger partial charge in [0.1, 0.15) is 0 Å². The van der Waals surface area contributed by atoms with Crippen molar-refractivity contribution in [1.29, 1.82) is 0 Å². The molecule has 22 heavy (non-hydrogen) atoms. The van der Waals surface area contributed by atoms with Crippen LogP contribution in [0.5, 0.6) is 0 Å². The number of nitrogens with one attached hydrogen (secondary N) is 3. The molecule has 0 radical (unpaired) electrons. The van der Waals surface area contributed by atoms with Gasteiger partial charge in [-0.2, -0.15) is 0 Å². The second-order valence-corrected chi connectivity index (χ2v) is 4.65. The molecule has 0 aromatic heterocycles. The number of ether oxygens (including phenoxy) is 1. The smallest absolute Gasteiger partial charge is 0.251 e. The highest BCUT2D eigenvalue weighted by atomic mass is 16.5. The molecule has 1 aromatic rings. The van der Waals surface area contributed by atoms with Crippen molar-refractivity contribution in [1.82, 2.24) is 10.6 Å². The minimum Gasteiger partial charge on any atom is -0.385 e. The summed E-state index contributed by atoms with van der Waals surface area (Å²) in [7, 11) is 1.62. The van der Waals surface area contributed by atoms with Gasteiger partial charge < -0.3 is 20.7 Å². The number of amides is 2. The summed E-state index contributed by atoms with van der Waals surface area (Å²) in [5.74, 6) is -0.337. The molecule has 0 spiro atoms. The van der Waals surface area contributed by atoms with E-state index in [0.29, 0.717) is 30.9 Å². The molecule has 6 nitrogen and oxygen atoms in total. The maximum absolute atomic E-state index is 12.0. The molecular formula is C16H23N3O3. The fourth-order valence-corrected chi connectivity index (χ4v) is 1.75. The Bertz CT molecular complexity index is 503. The Labute approximate surface area is 130 Å². The molecule has 0 bridgehead atoms. The third kappa shape index (κ3) is 7.01. The molecule has 0 atom stereocenters. The molecule has 3 N–H and O–H groups in total. The molecule has 0 saturated heterocycles. The van der Waals surface area contributed by atoms with Gasteiger partial charge in [-0.3, -0.25) is 9.59 Å². The summed E-state index contributed by atoms with van der Waals surface area (Å²) in [6, 6.07) is 6.83. The standard InChI is InChI=1S/C16H23N3O3/c1-3-8-17-12-15(20)19-14-7-4-6-13(11-14)16(21)18-9-5-10-22-2/h3-4,6-7,11,17H,1,5,8-10,12H2,2H3,(H,18,21)(H,19,20). The van der Waals surface area contributed by atoms with E-state index in [1.165, 1.54) is 0 Å². The molecule has 1 aromatic carbocycles. The van der Waals surface area contributed by atoms with Gasteiger partial charge in [0.2, 0.25) is 5.91 Å². The van der Waals surface area contributed by atoms with Crippen molar-refractivity contribution in [2.24, 2.45) is 0 Å². The predicted octanol–water partition coefficient (Wildman–Crippen LogP) is 1.17. The van der Waals surface area contributed by atoms with Crippen LogP contribution < -0.4 is 16.0 Å². The topological polar surface area (TPSA) is 79.5 Å². The van der Waals surface area contributed by atoms with E-state index in [0.717, 1.165) is 6.42 Å². The van der Waals surface area contributed by atoms with Gasteiger partial charge in [-0.05, 0) is 24.6 Å². The lowest BCUT2D eigenvalue weighted by Crippen LogP contribution is -2.28. The van der Waals surface area contributed by atoms with Crippen molar-refractivity contribution < 1.29 is 14.3 Å². The summed E-state index contributed by atoms with van der Waals surface area (Å²) in [5.41, 5.74) is 1.10. The lowest BCUT2D eigenvalue weighted by molar-refractivity contribution is -0.115. The highest BCUT2D eigenvalue weighted by molar-refractivity contribution is 5.97. The average molecular weight is 305 g/mol. The molecule has 0 aliphatic carbocycles. The van der Waals surface area contributed by atoms with E-state index in [-0.39, 0.29) is 18.4 Å². The molecule has 0 heterocycles. The van der Waals surface area contributed by atoms with Crippen LogP contribution in [-0.2, 0) is 9.53 Å². The number of rotatable bonds is 10. The number of benzene rings is 1. The Morgan fingerprint density at radius 1 is 1.36 bits per heavy atom. The minimum absolute atomic E-state index is 0.167. The van der Waals surface area contributed by atoms with Gasteiger partial charge in [-0.1, -0.05) is 12.1 Å². The number of anilines is 1. The second-order valence-electron chi connectivity index (χ2n) is 4.65. The summed E-state index contributed by atoms with van der Waals surface area (Å²) in [6.07, 6.45) is 2.44. The van der Waals surface area contributed by atoms with Crippen LogP contribution in [0.2, 0.25) is 0 Å². The first-order valence-electron chi connectivity index (χ1n) is 7.16. The lowest BCUT2D eigenvalue weighted by atomic mass is 10.2. The normalized spacial score (nSPS) is 10.0. The molecule has 6 heteroatoms. The van der Waals surface area contributed by atoms with E-state index in [1.807, 2.05) is 0 Å². The summed E-state index contributed by atoms with van der Waals surface area (Å²) in [6.45, 7) is 5.48. The largest absolute Gasteiger partial charge is 0.385 e. The van der Waals surface area contributed by atoms with Crippen LogP contribution in [0.25, 0.3) is 0 Å². The zero-order valence-corrected chi connectivity index (χ0v) is 12.9. The highest BCUT2D eigenvalue weighted by Crippen LogP contribution is 2.10. The Morgan fingerprint density at radius 3 is 2.91 bits per heavy atom. The lowest BCUT2D eigenvalue weighted by Gasteiger charge is -2.08. The maximum atomic E-state index is 12.0. The fourth-order valence-electron chi connectivity index (χ4n) is 1.75. The molecule has 1 rings (SSSR count). The average Bonchev–Trinajstić information content (AvgIpc) is 2.52. The molecule has 0 fully saturated rings. The van der Waals surface area contributed by atoms with E-state index in [9.17, 15) is 9.59 Å². The molecule has 2 amide bonds. The zero-order valence-electron chi connectivity index (χ0n) is 12.9. The van der Waals surface area contributed by atoms with Crippen molar-refractivity contribution in [3.8, 4) is 0 Å². The van der Waals surface area contributed by atoms with Crippen molar-refractivity contribution in [2.45, 2.75) is 6.42 Å². The number of carbonyl (C=O) groups is 2.